The topological polar surface area (TPSA) is 75.6 Å². The maximum Gasteiger partial charge on any atom is 0.530 e. The maximum absolute atomic E-state index is 11.1. The van der Waals surface area contributed by atoms with Crippen LogP contribution in [0.25, 0.3) is 0 Å². The van der Waals surface area contributed by atoms with Crippen LogP contribution in [-0.4, -0.2) is 4.89 Å². The Hall–Kier alpha value is -5.06. The van der Waals surface area contributed by atoms with E-state index in [0.29, 0.717) is 52.1 Å². The first kappa shape index (κ1) is 52.6. The van der Waals surface area contributed by atoms with Crippen LogP contribution in [0.3, 0.4) is 0 Å². The van der Waals surface area contributed by atoms with Crippen molar-refractivity contribution in [2.45, 2.75) is 126 Å². The minimum absolute atomic E-state index is 0.180. The Morgan fingerprint density at radius 1 is 0.569 bits per heavy atom. The Bertz CT molecular complexity index is 2310. The van der Waals surface area contributed by atoms with E-state index in [-0.39, 0.29) is 16.2 Å². The summed E-state index contributed by atoms with van der Waals surface area (Å²) < 4.78 is 38.7. The molecule has 0 aliphatic carbocycles. The normalized spacial score (nSPS) is 12.8. The largest absolute Gasteiger partial charge is 0.530 e. The van der Waals surface area contributed by atoms with Crippen LogP contribution in [0.15, 0.2) is 146 Å². The van der Waals surface area contributed by atoms with Crippen LogP contribution in [0.2, 0.25) is 0 Å². The number of rotatable bonds is 12. The second-order valence-corrected chi connectivity index (χ2v) is 21.7. The number of fused-ring (bicyclic) bond motifs is 2. The highest BCUT2D eigenvalue weighted by atomic mass is 31.2. The number of hydrogen-bond acceptors (Lipinski definition) is 7. The van der Waals surface area contributed by atoms with Gasteiger partial charge in [-0.3, -0.25) is 0 Å². The summed E-state index contributed by atoms with van der Waals surface area (Å²) >= 11 is 0. The monoisotopic (exact) mass is 918 g/mol. The highest BCUT2D eigenvalue weighted by Crippen LogP contribution is 2.54. The molecule has 0 radical (unpaired) electrons. The van der Waals surface area contributed by atoms with Crippen molar-refractivity contribution in [3.05, 3.63) is 174 Å². The molecular formula is C56H72O7P2. The van der Waals surface area contributed by atoms with Gasteiger partial charge in [-0.05, 0) is 65.3 Å². The van der Waals surface area contributed by atoms with E-state index in [2.05, 4.69) is 115 Å². The molecule has 1 heterocycles. The van der Waals surface area contributed by atoms with Crippen molar-refractivity contribution >= 4 is 17.2 Å². The van der Waals surface area contributed by atoms with Gasteiger partial charge in [0.1, 0.15) is 17.2 Å². The van der Waals surface area contributed by atoms with Crippen LogP contribution in [0.5, 0.6) is 40.2 Å². The van der Waals surface area contributed by atoms with Crippen molar-refractivity contribution in [2.24, 2.45) is 5.41 Å². The fourth-order valence-electron chi connectivity index (χ4n) is 6.73. The molecule has 0 saturated carbocycles. The van der Waals surface area contributed by atoms with Crippen LogP contribution < -0.4 is 27.4 Å². The Kier molecular flexibility index (Phi) is 18.5. The standard InChI is InChI=1S/C43H48O7P2.C8H16.C5H8/c1-41(2,3)31-20-10-13-23-34(31)46-51(44)47-37-26-16-18-29-28-30-19-17-27-38(40(30)45-39(29)37)50-52(48-35-24-14-11-21-32(35)42(4,5)6)49-36-25-15-12-22-33(36)43(7,8)9;1-6-7(2)8(3,4)5;1-3-5-4-2/h10-27,44H,28H2,1-9H3;2,6H2,1,3-5H3;3-5H,1H2,2H3/b;;5-4-. The van der Waals surface area contributed by atoms with Crippen molar-refractivity contribution in [1.82, 2.24) is 0 Å². The minimum Gasteiger partial charge on any atom is -0.449 e. The molecule has 9 heteroatoms. The first-order valence-electron chi connectivity index (χ1n) is 22.3. The Morgan fingerprint density at radius 3 is 1.26 bits per heavy atom. The van der Waals surface area contributed by atoms with E-state index in [1.165, 1.54) is 5.57 Å². The van der Waals surface area contributed by atoms with E-state index < -0.39 is 17.2 Å². The summed E-state index contributed by atoms with van der Waals surface area (Å²) in [6.07, 6.45) is 7.24. The van der Waals surface area contributed by atoms with Crippen molar-refractivity contribution in [3.63, 3.8) is 0 Å². The molecule has 0 saturated heterocycles. The molecule has 5 aromatic carbocycles. The quantitative estimate of drug-likeness (QED) is 0.0744. The zero-order valence-corrected chi connectivity index (χ0v) is 43.0. The third-order valence-electron chi connectivity index (χ3n) is 10.5. The average molecular weight is 919 g/mol. The lowest BCUT2D eigenvalue weighted by Crippen LogP contribution is -2.15. The van der Waals surface area contributed by atoms with Gasteiger partial charge in [0.25, 0.3) is 0 Å². The summed E-state index contributed by atoms with van der Waals surface area (Å²) in [5, 5.41) is 0. The molecule has 6 rings (SSSR count). The van der Waals surface area contributed by atoms with E-state index in [4.69, 9.17) is 27.4 Å². The molecule has 0 spiro atoms. The van der Waals surface area contributed by atoms with Gasteiger partial charge in [0, 0.05) is 34.2 Å². The lowest BCUT2D eigenvalue weighted by molar-refractivity contribution is 0.351. The first-order chi connectivity index (χ1) is 30.5. The summed E-state index contributed by atoms with van der Waals surface area (Å²) in [5.41, 5.74) is 5.99. The molecule has 1 atom stereocenters. The van der Waals surface area contributed by atoms with E-state index in [1.54, 1.807) is 12.1 Å². The smallest absolute Gasteiger partial charge is 0.449 e. The highest BCUT2D eigenvalue weighted by Gasteiger charge is 2.32. The predicted octanol–water partition coefficient (Wildman–Crippen LogP) is 17.5. The van der Waals surface area contributed by atoms with Gasteiger partial charge in [-0.1, -0.05) is 206 Å². The van der Waals surface area contributed by atoms with Gasteiger partial charge < -0.3 is 32.2 Å². The van der Waals surface area contributed by atoms with Crippen molar-refractivity contribution < 1.29 is 32.2 Å². The summed E-state index contributed by atoms with van der Waals surface area (Å²) in [5.74, 6) is 3.79. The highest BCUT2D eigenvalue weighted by molar-refractivity contribution is 7.43. The van der Waals surface area contributed by atoms with Crippen LogP contribution in [0.1, 0.15) is 131 Å². The summed E-state index contributed by atoms with van der Waals surface area (Å²) in [4.78, 5) is 11.1. The zero-order chi connectivity index (χ0) is 48.2. The molecule has 348 valence electrons. The SMILES string of the molecule is C=C(CC)C(C)(C)C.C=C/C=C\C.CC(C)(C)c1ccccc1OP(O)Oc1cccc2c1Oc1c(cccc1OP(Oc1ccccc1C(C)(C)C)Oc1ccccc1C(C)(C)C)C2. The van der Waals surface area contributed by atoms with Crippen molar-refractivity contribution in [3.8, 4) is 40.2 Å². The molecule has 65 heavy (non-hydrogen) atoms. The number of para-hydroxylation sites is 5. The van der Waals surface area contributed by atoms with Gasteiger partial charge in [-0.15, -0.1) is 0 Å². The molecule has 1 aliphatic heterocycles. The number of hydrogen-bond donors (Lipinski definition) is 1. The molecule has 0 aromatic heterocycles. The number of benzene rings is 5. The molecule has 1 unspecified atom stereocenters. The Morgan fingerprint density at radius 2 is 0.923 bits per heavy atom. The van der Waals surface area contributed by atoms with Gasteiger partial charge in [-0.25, -0.2) is 0 Å². The predicted molar refractivity (Wildman–Crippen MR) is 274 cm³/mol. The molecule has 5 aromatic rings. The molecular weight excluding hydrogens is 847 g/mol. The number of allylic oxidation sites excluding steroid dienone is 4. The van der Waals surface area contributed by atoms with Gasteiger partial charge in [0.15, 0.2) is 23.0 Å². The molecule has 1 aliphatic rings. The van der Waals surface area contributed by atoms with Gasteiger partial charge >= 0.3 is 17.2 Å². The zero-order valence-electron chi connectivity index (χ0n) is 41.2. The summed E-state index contributed by atoms with van der Waals surface area (Å²) in [6.45, 7) is 37.3. The van der Waals surface area contributed by atoms with Crippen molar-refractivity contribution in [1.29, 1.82) is 0 Å². The second-order valence-electron chi connectivity index (χ2n) is 19.9. The van der Waals surface area contributed by atoms with Gasteiger partial charge in [-0.2, -0.15) is 0 Å². The van der Waals surface area contributed by atoms with E-state index in [0.717, 1.165) is 34.2 Å². The lowest BCUT2D eigenvalue weighted by Gasteiger charge is -2.28. The van der Waals surface area contributed by atoms with Crippen LogP contribution in [0.4, 0.5) is 0 Å². The number of ether oxygens (including phenoxy) is 1. The van der Waals surface area contributed by atoms with Crippen LogP contribution >= 0.6 is 17.2 Å². The summed E-state index contributed by atoms with van der Waals surface area (Å²) in [6, 6.07) is 35.1. The second kappa shape index (κ2) is 22.9. The Labute approximate surface area is 393 Å². The van der Waals surface area contributed by atoms with E-state index in [1.807, 2.05) is 110 Å². The molecule has 0 bridgehead atoms. The van der Waals surface area contributed by atoms with Crippen molar-refractivity contribution in [2.75, 3.05) is 0 Å². The maximum atomic E-state index is 11.1. The molecule has 0 fully saturated rings. The molecule has 0 amide bonds. The molecule has 1 N–H and O–H groups in total. The Balaban J connectivity index is 0.000000622. The van der Waals surface area contributed by atoms with E-state index >= 15 is 0 Å². The summed E-state index contributed by atoms with van der Waals surface area (Å²) in [7, 11) is -4.36. The molecule has 7 nitrogen and oxygen atoms in total. The minimum atomic E-state index is -2.33. The average Bonchev–Trinajstić information content (AvgIpc) is 3.23. The first-order valence-corrected chi connectivity index (χ1v) is 24.5. The third-order valence-corrected chi connectivity index (χ3v) is 12.2. The third kappa shape index (κ3) is 15.3. The lowest BCUT2D eigenvalue weighted by atomic mass is 9.86. The van der Waals surface area contributed by atoms with Crippen LogP contribution in [-0.2, 0) is 22.7 Å². The van der Waals surface area contributed by atoms with Crippen LogP contribution in [0, 0.1) is 5.41 Å². The van der Waals surface area contributed by atoms with Gasteiger partial charge in [0.05, 0.1) is 0 Å². The van der Waals surface area contributed by atoms with Gasteiger partial charge in [0.2, 0.25) is 0 Å². The fraction of sp³-hybridized carbons (Fsp3) is 0.357. The van der Waals surface area contributed by atoms with E-state index in [9.17, 15) is 4.89 Å². The fourth-order valence-corrected chi connectivity index (χ4v) is 8.46.